The third-order valence-electron chi connectivity index (χ3n) is 4.08. The van der Waals surface area contributed by atoms with Gasteiger partial charge in [-0.2, -0.15) is 8.42 Å². The molecule has 0 radical (unpaired) electrons. The fraction of sp³-hybridized carbons (Fsp3) is 0.211. The summed E-state index contributed by atoms with van der Waals surface area (Å²) >= 11 is 0. The predicted octanol–water partition coefficient (Wildman–Crippen LogP) is 1.74. The van der Waals surface area contributed by atoms with E-state index in [2.05, 4.69) is 9.50 Å². The van der Waals surface area contributed by atoms with Crippen molar-refractivity contribution in [3.63, 3.8) is 0 Å². The molecule has 1 atom stereocenters. The molecule has 29 heavy (non-hydrogen) atoms. The average molecular weight is 417 g/mol. The van der Waals surface area contributed by atoms with E-state index in [1.54, 1.807) is 54.6 Å². The summed E-state index contributed by atoms with van der Waals surface area (Å²) in [5, 5.41) is 10.6. The van der Waals surface area contributed by atoms with Crippen molar-refractivity contribution < 1.29 is 26.9 Å². The van der Waals surface area contributed by atoms with Gasteiger partial charge in [-0.1, -0.05) is 18.2 Å². The van der Waals surface area contributed by atoms with Gasteiger partial charge in [-0.15, -0.1) is 0 Å². The van der Waals surface area contributed by atoms with Gasteiger partial charge in [0.15, 0.2) is 0 Å². The average Bonchev–Trinajstić information content (AvgIpc) is 3.07. The smallest absolute Gasteiger partial charge is 0.414 e. The first kappa shape index (κ1) is 20.5. The number of cyclic esters (lactones) is 1. The molecular formula is C19H19N3O6S. The van der Waals surface area contributed by atoms with Gasteiger partial charge in [0, 0.05) is 16.8 Å². The monoisotopic (exact) mass is 417 g/mol. The third-order valence-corrected chi connectivity index (χ3v) is 4.65. The van der Waals surface area contributed by atoms with Crippen LogP contribution in [-0.2, 0) is 19.0 Å². The van der Waals surface area contributed by atoms with Crippen LogP contribution in [0.2, 0.25) is 0 Å². The van der Waals surface area contributed by atoms with Crippen LogP contribution in [0.1, 0.15) is 15.9 Å². The minimum atomic E-state index is -3.62. The minimum absolute atomic E-state index is 0.0752. The number of ether oxygens (including phenoxy) is 1. The molecule has 0 aromatic heterocycles. The Labute approximate surface area is 167 Å². The number of rotatable bonds is 6. The molecule has 0 unspecified atom stereocenters. The van der Waals surface area contributed by atoms with Crippen molar-refractivity contribution in [2.45, 2.75) is 6.10 Å². The van der Waals surface area contributed by atoms with Crippen molar-refractivity contribution in [3.05, 3.63) is 65.7 Å². The second-order valence-electron chi connectivity index (χ2n) is 6.35. The SMILES string of the molecule is CS(=O)(=O)OC[C@H]1CN(c2ccc(C(=N)NC(=O)c3ccccc3)cc2)C(=O)O1. The fourth-order valence-electron chi connectivity index (χ4n) is 2.67. The van der Waals surface area contributed by atoms with E-state index in [0.29, 0.717) is 16.8 Å². The van der Waals surface area contributed by atoms with Gasteiger partial charge < -0.3 is 10.1 Å². The molecule has 1 fully saturated rings. The number of nitrogens with zero attached hydrogens (tertiary/aromatic N) is 1. The van der Waals surface area contributed by atoms with Crippen LogP contribution in [0.15, 0.2) is 54.6 Å². The Bertz CT molecular complexity index is 1020. The van der Waals surface area contributed by atoms with Crippen LogP contribution in [-0.4, -0.2) is 51.8 Å². The number of hydrogen-bond acceptors (Lipinski definition) is 7. The van der Waals surface area contributed by atoms with Gasteiger partial charge in [-0.25, -0.2) is 4.79 Å². The Kier molecular flexibility index (Phi) is 5.95. The lowest BCUT2D eigenvalue weighted by Gasteiger charge is -2.14. The summed E-state index contributed by atoms with van der Waals surface area (Å²) in [4.78, 5) is 25.5. The molecule has 3 rings (SSSR count). The predicted molar refractivity (Wildman–Crippen MR) is 106 cm³/mol. The zero-order valence-corrected chi connectivity index (χ0v) is 16.3. The summed E-state index contributed by atoms with van der Waals surface area (Å²) in [6.07, 6.45) is -0.404. The Morgan fingerprint density at radius 3 is 2.45 bits per heavy atom. The number of amides is 2. The molecule has 0 saturated carbocycles. The van der Waals surface area contributed by atoms with Crippen molar-refractivity contribution in [2.24, 2.45) is 0 Å². The number of carbonyl (C=O) groups is 2. The van der Waals surface area contributed by atoms with E-state index >= 15 is 0 Å². The molecule has 0 aliphatic carbocycles. The molecule has 9 nitrogen and oxygen atoms in total. The van der Waals surface area contributed by atoms with Gasteiger partial charge in [-0.3, -0.25) is 19.3 Å². The molecule has 152 valence electrons. The third kappa shape index (κ3) is 5.39. The number of hydrogen-bond donors (Lipinski definition) is 2. The molecule has 1 heterocycles. The van der Waals surface area contributed by atoms with Crippen LogP contribution in [0.5, 0.6) is 0 Å². The summed E-state index contributed by atoms with van der Waals surface area (Å²) < 4.78 is 31.9. The molecule has 1 aliphatic rings. The molecule has 2 aromatic rings. The molecule has 10 heteroatoms. The second kappa shape index (κ2) is 8.41. The maximum atomic E-state index is 12.1. The first-order valence-electron chi connectivity index (χ1n) is 8.61. The van der Waals surface area contributed by atoms with E-state index in [9.17, 15) is 18.0 Å². The lowest BCUT2D eigenvalue weighted by Crippen LogP contribution is -2.30. The van der Waals surface area contributed by atoms with Crippen molar-refractivity contribution in [3.8, 4) is 0 Å². The van der Waals surface area contributed by atoms with E-state index in [1.807, 2.05) is 0 Å². The number of carbonyl (C=O) groups excluding carboxylic acids is 2. The molecular weight excluding hydrogens is 398 g/mol. The molecule has 0 spiro atoms. The van der Waals surface area contributed by atoms with Crippen LogP contribution in [0, 0.1) is 5.41 Å². The summed E-state index contributed by atoms with van der Waals surface area (Å²) in [6.45, 7) is -0.120. The van der Waals surface area contributed by atoms with E-state index in [0.717, 1.165) is 6.26 Å². The molecule has 2 N–H and O–H groups in total. The van der Waals surface area contributed by atoms with E-state index in [4.69, 9.17) is 10.1 Å². The number of amidine groups is 1. The van der Waals surface area contributed by atoms with Crippen LogP contribution >= 0.6 is 0 Å². The van der Waals surface area contributed by atoms with Gasteiger partial charge in [0.25, 0.3) is 16.0 Å². The quantitative estimate of drug-likeness (QED) is 0.419. The van der Waals surface area contributed by atoms with Crippen molar-refractivity contribution >= 4 is 33.6 Å². The fourth-order valence-corrected chi connectivity index (χ4v) is 3.07. The van der Waals surface area contributed by atoms with Crippen molar-refractivity contribution in [1.29, 1.82) is 5.41 Å². The highest BCUT2D eigenvalue weighted by atomic mass is 32.2. The second-order valence-corrected chi connectivity index (χ2v) is 7.99. The van der Waals surface area contributed by atoms with Crippen LogP contribution in [0.4, 0.5) is 10.5 Å². The molecule has 1 saturated heterocycles. The van der Waals surface area contributed by atoms with Gasteiger partial charge >= 0.3 is 6.09 Å². The largest absolute Gasteiger partial charge is 0.441 e. The summed E-state index contributed by atoms with van der Waals surface area (Å²) in [5.74, 6) is -0.467. The van der Waals surface area contributed by atoms with E-state index < -0.39 is 28.2 Å². The first-order valence-corrected chi connectivity index (χ1v) is 10.4. The van der Waals surface area contributed by atoms with Crippen molar-refractivity contribution in [1.82, 2.24) is 5.32 Å². The normalized spacial score (nSPS) is 16.4. The molecule has 2 amide bonds. The van der Waals surface area contributed by atoms with E-state index in [1.165, 1.54) is 4.90 Å². The Morgan fingerprint density at radius 1 is 1.17 bits per heavy atom. The maximum Gasteiger partial charge on any atom is 0.414 e. The Morgan fingerprint density at radius 2 is 1.83 bits per heavy atom. The minimum Gasteiger partial charge on any atom is -0.441 e. The van der Waals surface area contributed by atoms with E-state index in [-0.39, 0.29) is 19.0 Å². The van der Waals surface area contributed by atoms with Crippen LogP contribution in [0.3, 0.4) is 0 Å². The van der Waals surface area contributed by atoms with Gasteiger partial charge in [0.1, 0.15) is 18.5 Å². The number of nitrogens with one attached hydrogen (secondary N) is 2. The lowest BCUT2D eigenvalue weighted by atomic mass is 10.1. The maximum absolute atomic E-state index is 12.1. The van der Waals surface area contributed by atoms with Crippen LogP contribution < -0.4 is 10.2 Å². The first-order chi connectivity index (χ1) is 13.7. The molecule has 2 aromatic carbocycles. The van der Waals surface area contributed by atoms with Crippen molar-refractivity contribution in [2.75, 3.05) is 24.3 Å². The zero-order chi connectivity index (χ0) is 21.0. The highest BCUT2D eigenvalue weighted by Gasteiger charge is 2.33. The summed E-state index contributed by atoms with van der Waals surface area (Å²) in [6, 6.07) is 15.0. The highest BCUT2D eigenvalue weighted by Crippen LogP contribution is 2.22. The number of anilines is 1. The summed E-state index contributed by atoms with van der Waals surface area (Å²) in [7, 11) is -3.62. The molecule has 0 bridgehead atoms. The zero-order valence-electron chi connectivity index (χ0n) is 15.5. The van der Waals surface area contributed by atoms with Gasteiger partial charge in [-0.05, 0) is 36.4 Å². The highest BCUT2D eigenvalue weighted by molar-refractivity contribution is 7.85. The Hall–Kier alpha value is -3.24. The standard InChI is InChI=1S/C19H19N3O6S/c1-29(25,26)27-12-16-11-22(19(24)28-16)15-9-7-13(8-10-15)17(20)21-18(23)14-5-3-2-4-6-14/h2-10,16H,11-12H2,1H3,(H2,20,21,23)/t16-/m1/s1. The van der Waals surface area contributed by atoms with Gasteiger partial charge in [0.05, 0.1) is 12.8 Å². The number of benzene rings is 2. The van der Waals surface area contributed by atoms with Gasteiger partial charge in [0.2, 0.25) is 0 Å². The lowest BCUT2D eigenvalue weighted by molar-refractivity contribution is 0.0976. The topological polar surface area (TPSA) is 126 Å². The summed E-state index contributed by atoms with van der Waals surface area (Å²) in [5.41, 5.74) is 1.42. The molecule has 1 aliphatic heterocycles. The van der Waals surface area contributed by atoms with Crippen LogP contribution in [0.25, 0.3) is 0 Å². The Balaban J connectivity index is 1.62.